The molecule has 3 aromatic carbocycles. The maximum atomic E-state index is 12.5. The van der Waals surface area contributed by atoms with E-state index in [9.17, 15) is 14.9 Å². The van der Waals surface area contributed by atoms with Crippen LogP contribution in [0.2, 0.25) is 0 Å². The highest BCUT2D eigenvalue weighted by molar-refractivity contribution is 6.09. The highest BCUT2D eigenvalue weighted by Gasteiger charge is 2.12. The maximum absolute atomic E-state index is 12.5. The van der Waals surface area contributed by atoms with Gasteiger partial charge in [-0.2, -0.15) is 5.26 Å². The van der Waals surface area contributed by atoms with Crippen LogP contribution in [0.5, 0.6) is 11.5 Å². The molecule has 0 aliphatic carbocycles. The van der Waals surface area contributed by atoms with Crippen LogP contribution in [0.15, 0.2) is 72.3 Å². The van der Waals surface area contributed by atoms with E-state index in [0.717, 1.165) is 5.56 Å². The third-order valence-corrected chi connectivity index (χ3v) is 4.77. The minimum Gasteiger partial charge on any atom is -0.493 e. The van der Waals surface area contributed by atoms with Crippen molar-refractivity contribution >= 4 is 23.6 Å². The van der Waals surface area contributed by atoms with Crippen LogP contribution >= 0.6 is 0 Å². The number of anilines is 1. The van der Waals surface area contributed by atoms with Gasteiger partial charge in [0.2, 0.25) is 0 Å². The number of methoxy groups -OCH3 is 1. The predicted molar refractivity (Wildman–Crippen MR) is 124 cm³/mol. The molecule has 0 spiro atoms. The average Bonchev–Trinajstić information content (AvgIpc) is 2.82. The molecule has 1 amide bonds. The first kappa shape index (κ1) is 23.1. The number of carboxylic acids is 1. The van der Waals surface area contributed by atoms with Gasteiger partial charge >= 0.3 is 5.97 Å². The minimum atomic E-state index is -1.06. The summed E-state index contributed by atoms with van der Waals surface area (Å²) in [5, 5.41) is 21.0. The Kier molecular flexibility index (Phi) is 7.45. The number of hydrogen-bond acceptors (Lipinski definition) is 5. The zero-order valence-corrected chi connectivity index (χ0v) is 18.2. The second kappa shape index (κ2) is 10.6. The third-order valence-electron chi connectivity index (χ3n) is 4.77. The summed E-state index contributed by atoms with van der Waals surface area (Å²) in [7, 11) is 1.51. The summed E-state index contributed by atoms with van der Waals surface area (Å²) in [6.07, 6.45) is 1.44. The molecular weight excluding hydrogens is 420 g/mol. The van der Waals surface area contributed by atoms with Gasteiger partial charge in [0.05, 0.1) is 12.7 Å². The summed E-state index contributed by atoms with van der Waals surface area (Å²) in [6.45, 7) is 2.39. The number of benzene rings is 3. The molecule has 0 fully saturated rings. The standard InChI is InChI=1S/C26H22N2O5/c1-17-3-5-18(6-4-17)16-33-23-12-7-19(14-24(23)32-2)13-21(15-27)25(29)28-22-10-8-20(9-11-22)26(30)31/h3-14H,16H2,1-2H3,(H,28,29)(H,30,31)/b21-13+. The lowest BCUT2D eigenvalue weighted by Gasteiger charge is -2.12. The number of hydrogen-bond donors (Lipinski definition) is 2. The van der Waals surface area contributed by atoms with E-state index in [1.165, 1.54) is 43.0 Å². The smallest absolute Gasteiger partial charge is 0.335 e. The molecule has 0 bridgehead atoms. The molecule has 3 rings (SSSR count). The zero-order valence-electron chi connectivity index (χ0n) is 18.2. The van der Waals surface area contributed by atoms with E-state index in [4.69, 9.17) is 14.6 Å². The van der Waals surface area contributed by atoms with Gasteiger partial charge in [0, 0.05) is 5.69 Å². The molecule has 0 saturated heterocycles. The Morgan fingerprint density at radius 2 is 1.73 bits per heavy atom. The Morgan fingerprint density at radius 3 is 2.33 bits per heavy atom. The summed E-state index contributed by atoms with van der Waals surface area (Å²) >= 11 is 0. The first-order chi connectivity index (χ1) is 15.9. The van der Waals surface area contributed by atoms with Gasteiger partial charge in [-0.1, -0.05) is 35.9 Å². The fraction of sp³-hybridized carbons (Fsp3) is 0.115. The number of amides is 1. The number of nitrogens with zero attached hydrogens (tertiary/aromatic N) is 1. The van der Waals surface area contributed by atoms with Crippen LogP contribution in [0, 0.1) is 18.3 Å². The van der Waals surface area contributed by atoms with E-state index in [-0.39, 0.29) is 11.1 Å². The summed E-state index contributed by atoms with van der Waals surface area (Å²) in [5.41, 5.74) is 3.13. The number of carbonyl (C=O) groups excluding carboxylic acids is 1. The SMILES string of the molecule is COc1cc(/C=C(\C#N)C(=O)Nc2ccc(C(=O)O)cc2)ccc1OCc1ccc(C)cc1. The van der Waals surface area contributed by atoms with Gasteiger partial charge in [-0.05, 0) is 60.5 Å². The molecule has 166 valence electrons. The first-order valence-corrected chi connectivity index (χ1v) is 10.0. The first-order valence-electron chi connectivity index (χ1n) is 10.0. The molecule has 0 radical (unpaired) electrons. The molecule has 0 aliphatic heterocycles. The molecule has 0 aliphatic rings. The molecule has 0 aromatic heterocycles. The lowest BCUT2D eigenvalue weighted by atomic mass is 10.1. The van der Waals surface area contributed by atoms with E-state index < -0.39 is 11.9 Å². The van der Waals surface area contributed by atoms with Crippen LogP contribution in [0.4, 0.5) is 5.69 Å². The van der Waals surface area contributed by atoms with Crippen LogP contribution in [0.1, 0.15) is 27.0 Å². The van der Waals surface area contributed by atoms with Crippen LogP contribution < -0.4 is 14.8 Å². The van der Waals surface area contributed by atoms with E-state index in [0.29, 0.717) is 29.4 Å². The van der Waals surface area contributed by atoms with Crippen molar-refractivity contribution in [3.63, 3.8) is 0 Å². The van der Waals surface area contributed by atoms with Crippen molar-refractivity contribution < 1.29 is 24.2 Å². The van der Waals surface area contributed by atoms with E-state index in [1.807, 2.05) is 37.3 Å². The van der Waals surface area contributed by atoms with Gasteiger partial charge < -0.3 is 19.9 Å². The van der Waals surface area contributed by atoms with Crippen LogP contribution in [0.3, 0.4) is 0 Å². The van der Waals surface area contributed by atoms with Gasteiger partial charge in [0.25, 0.3) is 5.91 Å². The fourth-order valence-corrected chi connectivity index (χ4v) is 2.95. The molecule has 33 heavy (non-hydrogen) atoms. The monoisotopic (exact) mass is 442 g/mol. The van der Waals surface area contributed by atoms with Gasteiger partial charge in [-0.15, -0.1) is 0 Å². The number of carboxylic acid groups (broad SMARTS) is 1. The summed E-state index contributed by atoms with van der Waals surface area (Å²) in [5.74, 6) is -0.667. The number of nitrogens with one attached hydrogen (secondary N) is 1. The fourth-order valence-electron chi connectivity index (χ4n) is 2.95. The molecular formula is C26H22N2O5. The Bertz CT molecular complexity index is 1220. The average molecular weight is 442 g/mol. The summed E-state index contributed by atoms with van der Waals surface area (Å²) in [6, 6.07) is 20.7. The largest absolute Gasteiger partial charge is 0.493 e. The molecule has 3 aromatic rings. The van der Waals surface area contributed by atoms with Gasteiger partial charge in [-0.25, -0.2) is 4.79 Å². The highest BCUT2D eigenvalue weighted by atomic mass is 16.5. The molecule has 0 atom stereocenters. The Hall–Kier alpha value is -4.57. The van der Waals surface area contributed by atoms with Crippen molar-refractivity contribution in [2.45, 2.75) is 13.5 Å². The van der Waals surface area contributed by atoms with Crippen molar-refractivity contribution in [2.75, 3.05) is 12.4 Å². The van der Waals surface area contributed by atoms with Crippen LogP contribution in [0.25, 0.3) is 6.08 Å². The molecule has 7 heteroatoms. The molecule has 0 saturated carbocycles. The summed E-state index contributed by atoms with van der Waals surface area (Å²) < 4.78 is 11.3. The van der Waals surface area contributed by atoms with E-state index in [2.05, 4.69) is 5.32 Å². The van der Waals surface area contributed by atoms with E-state index >= 15 is 0 Å². The third kappa shape index (κ3) is 6.21. The molecule has 2 N–H and O–H groups in total. The second-order valence-electron chi connectivity index (χ2n) is 7.19. The van der Waals surface area contributed by atoms with Crippen molar-refractivity contribution in [1.29, 1.82) is 5.26 Å². The Balaban J connectivity index is 1.72. The highest BCUT2D eigenvalue weighted by Crippen LogP contribution is 2.30. The number of nitriles is 1. The van der Waals surface area contributed by atoms with Gasteiger partial charge in [-0.3, -0.25) is 4.79 Å². The molecule has 7 nitrogen and oxygen atoms in total. The quantitative estimate of drug-likeness (QED) is 0.382. The van der Waals surface area contributed by atoms with Crippen LogP contribution in [-0.2, 0) is 11.4 Å². The number of aryl methyl sites for hydroxylation is 1. The predicted octanol–water partition coefficient (Wildman–Crippen LogP) is 4.83. The minimum absolute atomic E-state index is 0.0980. The van der Waals surface area contributed by atoms with Crippen molar-refractivity contribution in [1.82, 2.24) is 0 Å². The number of aromatic carboxylic acids is 1. The maximum Gasteiger partial charge on any atom is 0.335 e. The van der Waals surface area contributed by atoms with Gasteiger partial charge in [0.1, 0.15) is 18.2 Å². The Morgan fingerprint density at radius 1 is 1.03 bits per heavy atom. The second-order valence-corrected chi connectivity index (χ2v) is 7.19. The van der Waals surface area contributed by atoms with Gasteiger partial charge in [0.15, 0.2) is 11.5 Å². The normalized spacial score (nSPS) is 10.8. The Labute approximate surface area is 191 Å². The number of rotatable bonds is 8. The molecule has 0 unspecified atom stereocenters. The van der Waals surface area contributed by atoms with Crippen molar-refractivity contribution in [3.05, 3.63) is 94.6 Å². The zero-order chi connectivity index (χ0) is 23.8. The lowest BCUT2D eigenvalue weighted by Crippen LogP contribution is -2.13. The number of carbonyl (C=O) groups is 2. The van der Waals surface area contributed by atoms with Crippen molar-refractivity contribution in [3.8, 4) is 17.6 Å². The van der Waals surface area contributed by atoms with Crippen LogP contribution in [-0.4, -0.2) is 24.1 Å². The van der Waals surface area contributed by atoms with Crippen molar-refractivity contribution in [2.24, 2.45) is 0 Å². The summed E-state index contributed by atoms with van der Waals surface area (Å²) in [4.78, 5) is 23.4. The topological polar surface area (TPSA) is 109 Å². The van der Waals surface area contributed by atoms with E-state index in [1.54, 1.807) is 18.2 Å². The molecule has 0 heterocycles. The lowest BCUT2D eigenvalue weighted by molar-refractivity contribution is -0.112. The number of ether oxygens (including phenoxy) is 2.